The number of aliphatic hydroxyl groups is 3. The van der Waals surface area contributed by atoms with Crippen LogP contribution in [0.15, 0.2) is 36.9 Å². The van der Waals surface area contributed by atoms with E-state index in [0.717, 1.165) is 24.3 Å². The quantitative estimate of drug-likeness (QED) is 0.319. The van der Waals surface area contributed by atoms with Crippen LogP contribution < -0.4 is 10.1 Å². The van der Waals surface area contributed by atoms with Gasteiger partial charge in [0.15, 0.2) is 23.2 Å². The van der Waals surface area contributed by atoms with Crippen molar-refractivity contribution in [3.05, 3.63) is 42.5 Å². The van der Waals surface area contributed by atoms with Crippen LogP contribution in [0, 0.1) is 0 Å². The first kappa shape index (κ1) is 23.4. The van der Waals surface area contributed by atoms with Crippen molar-refractivity contribution in [2.75, 3.05) is 18.5 Å². The van der Waals surface area contributed by atoms with Crippen LogP contribution in [0.5, 0.6) is 5.75 Å². The Balaban J connectivity index is 1.39. The predicted molar refractivity (Wildman–Crippen MR) is 122 cm³/mol. The molecule has 3 aromatic rings. The van der Waals surface area contributed by atoms with Gasteiger partial charge >= 0.3 is 0 Å². The van der Waals surface area contributed by atoms with Crippen LogP contribution in [0.3, 0.4) is 0 Å². The molecule has 33 heavy (non-hydrogen) atoms. The smallest absolute Gasteiger partial charge is 0.167 e. The molecule has 0 bridgehead atoms. The van der Waals surface area contributed by atoms with Crippen molar-refractivity contribution in [2.45, 2.75) is 63.7 Å². The molecule has 1 aromatic carbocycles. The van der Waals surface area contributed by atoms with Gasteiger partial charge in [0, 0.05) is 6.54 Å². The van der Waals surface area contributed by atoms with Gasteiger partial charge in [-0.3, -0.25) is 4.57 Å². The summed E-state index contributed by atoms with van der Waals surface area (Å²) in [5.41, 5.74) is 2.03. The third kappa shape index (κ3) is 5.25. The number of nitrogens with zero attached hydrogens (tertiary/aromatic N) is 4. The number of benzene rings is 1. The van der Waals surface area contributed by atoms with Crippen LogP contribution in [0.4, 0.5) is 5.82 Å². The van der Waals surface area contributed by atoms with Gasteiger partial charge in [-0.15, -0.1) is 0 Å². The Morgan fingerprint density at radius 3 is 2.61 bits per heavy atom. The molecule has 0 spiro atoms. The van der Waals surface area contributed by atoms with Gasteiger partial charge < -0.3 is 30.1 Å². The molecular weight excluding hydrogens is 426 g/mol. The van der Waals surface area contributed by atoms with Crippen molar-refractivity contribution in [1.82, 2.24) is 19.5 Å². The molecule has 0 aliphatic carbocycles. The monoisotopic (exact) mass is 457 g/mol. The molecule has 1 aliphatic rings. The highest BCUT2D eigenvalue weighted by atomic mass is 16.6. The second-order valence-corrected chi connectivity index (χ2v) is 8.18. The molecule has 0 amide bonds. The minimum absolute atomic E-state index is 0.397. The maximum Gasteiger partial charge on any atom is 0.167 e. The largest absolute Gasteiger partial charge is 0.494 e. The molecule has 0 unspecified atom stereocenters. The predicted octanol–water partition coefficient (Wildman–Crippen LogP) is 2.01. The highest BCUT2D eigenvalue weighted by Crippen LogP contribution is 2.32. The molecule has 4 rings (SSSR count). The van der Waals surface area contributed by atoms with E-state index in [9.17, 15) is 15.3 Å². The number of unbranched alkanes of at least 4 members (excludes halogenated alkanes) is 3. The van der Waals surface area contributed by atoms with Crippen LogP contribution in [0.25, 0.3) is 11.2 Å². The highest BCUT2D eigenvalue weighted by Gasteiger charge is 2.44. The third-order valence-corrected chi connectivity index (χ3v) is 5.80. The van der Waals surface area contributed by atoms with Crippen molar-refractivity contribution < 1.29 is 24.8 Å². The van der Waals surface area contributed by atoms with Gasteiger partial charge in [0.1, 0.15) is 30.4 Å². The molecular formula is C23H31N5O5. The van der Waals surface area contributed by atoms with Crippen LogP contribution in [-0.4, -0.2) is 66.4 Å². The number of imidazole rings is 1. The number of anilines is 1. The summed E-state index contributed by atoms with van der Waals surface area (Å²) in [6.07, 6.45) is 3.41. The Bertz CT molecular complexity index is 1030. The summed E-state index contributed by atoms with van der Waals surface area (Å²) in [5, 5.41) is 33.0. The zero-order valence-corrected chi connectivity index (χ0v) is 18.7. The van der Waals surface area contributed by atoms with Gasteiger partial charge in [-0.05, 0) is 24.1 Å². The van der Waals surface area contributed by atoms with Gasteiger partial charge in [0.25, 0.3) is 0 Å². The van der Waals surface area contributed by atoms with Crippen LogP contribution in [0.1, 0.15) is 44.4 Å². The lowest BCUT2D eigenvalue weighted by Gasteiger charge is -2.16. The first-order valence-corrected chi connectivity index (χ1v) is 11.4. The number of ether oxygens (including phenoxy) is 2. The first-order chi connectivity index (χ1) is 16.1. The Hall–Kier alpha value is -2.79. The molecule has 0 saturated carbocycles. The lowest BCUT2D eigenvalue weighted by molar-refractivity contribution is -0.0511. The highest BCUT2D eigenvalue weighted by molar-refractivity contribution is 5.82. The lowest BCUT2D eigenvalue weighted by Crippen LogP contribution is -2.33. The average Bonchev–Trinajstić information content (AvgIpc) is 3.39. The van der Waals surface area contributed by atoms with Gasteiger partial charge in [-0.1, -0.05) is 38.3 Å². The molecule has 4 N–H and O–H groups in total. The number of hydrogen-bond donors (Lipinski definition) is 4. The fraction of sp³-hybridized carbons (Fsp3) is 0.522. The average molecular weight is 458 g/mol. The van der Waals surface area contributed by atoms with E-state index in [2.05, 4.69) is 27.2 Å². The summed E-state index contributed by atoms with van der Waals surface area (Å²) in [4.78, 5) is 12.9. The minimum atomic E-state index is -1.21. The fourth-order valence-corrected chi connectivity index (χ4v) is 3.89. The van der Waals surface area contributed by atoms with E-state index in [1.54, 1.807) is 4.57 Å². The zero-order valence-electron chi connectivity index (χ0n) is 18.7. The van der Waals surface area contributed by atoms with Gasteiger partial charge in [-0.2, -0.15) is 0 Å². The summed E-state index contributed by atoms with van der Waals surface area (Å²) in [5.74, 6) is 1.40. The summed E-state index contributed by atoms with van der Waals surface area (Å²) in [7, 11) is 0. The molecule has 1 fully saturated rings. The summed E-state index contributed by atoms with van der Waals surface area (Å²) in [6, 6.07) is 7.93. The molecule has 178 valence electrons. The maximum atomic E-state index is 10.3. The van der Waals surface area contributed by atoms with Crippen LogP contribution in [-0.2, 0) is 11.3 Å². The SMILES string of the molecule is CCCCCCOc1ccc(CNc2ncnc3c2ncn3[C@@H]2O[C@H](CO)[C@@H](O)[C@H]2O)cc1. The number of aliphatic hydroxyl groups excluding tert-OH is 3. The molecule has 3 heterocycles. The normalized spacial score (nSPS) is 22.7. The number of rotatable bonds is 11. The summed E-state index contributed by atoms with van der Waals surface area (Å²) in [6.45, 7) is 3.06. The second kappa shape index (κ2) is 10.9. The standard InChI is InChI=1S/C23H31N5O5/c1-2-3-4-5-10-32-16-8-6-15(7-9-16)11-24-21-18-22(26-13-25-21)28(14-27-18)23-20(31)19(30)17(12-29)33-23/h6-9,13-14,17,19-20,23,29-31H,2-5,10-12H2,1H3,(H,24,25,26)/t17-,19-,20-,23-/m1/s1. The fourth-order valence-electron chi connectivity index (χ4n) is 3.89. The van der Waals surface area contributed by atoms with E-state index in [1.165, 1.54) is 31.9 Å². The molecule has 4 atom stereocenters. The van der Waals surface area contributed by atoms with E-state index in [1.807, 2.05) is 24.3 Å². The Kier molecular flexibility index (Phi) is 7.71. The third-order valence-electron chi connectivity index (χ3n) is 5.80. The van der Waals surface area contributed by atoms with E-state index in [0.29, 0.717) is 23.5 Å². The van der Waals surface area contributed by atoms with Crippen molar-refractivity contribution in [3.8, 4) is 5.75 Å². The Labute approximate surface area is 192 Å². The van der Waals surface area contributed by atoms with Crippen LogP contribution >= 0.6 is 0 Å². The lowest BCUT2D eigenvalue weighted by atomic mass is 10.1. The second-order valence-electron chi connectivity index (χ2n) is 8.18. The van der Waals surface area contributed by atoms with Crippen molar-refractivity contribution in [2.24, 2.45) is 0 Å². The number of nitrogens with one attached hydrogen (secondary N) is 1. The van der Waals surface area contributed by atoms with Crippen molar-refractivity contribution in [1.29, 1.82) is 0 Å². The summed E-state index contributed by atoms with van der Waals surface area (Å²) < 4.78 is 12.9. The molecule has 10 heteroatoms. The molecule has 1 aliphatic heterocycles. The van der Waals surface area contributed by atoms with Crippen LogP contribution in [0.2, 0.25) is 0 Å². The minimum Gasteiger partial charge on any atom is -0.494 e. The van der Waals surface area contributed by atoms with E-state index in [4.69, 9.17) is 9.47 Å². The molecule has 2 aromatic heterocycles. The van der Waals surface area contributed by atoms with Gasteiger partial charge in [-0.25, -0.2) is 15.0 Å². The van der Waals surface area contributed by atoms with Crippen molar-refractivity contribution in [3.63, 3.8) is 0 Å². The molecule has 10 nitrogen and oxygen atoms in total. The first-order valence-electron chi connectivity index (χ1n) is 11.4. The van der Waals surface area contributed by atoms with Gasteiger partial charge in [0.05, 0.1) is 19.5 Å². The zero-order chi connectivity index (χ0) is 23.2. The van der Waals surface area contributed by atoms with Crippen molar-refractivity contribution >= 4 is 17.0 Å². The molecule has 1 saturated heterocycles. The Morgan fingerprint density at radius 2 is 1.88 bits per heavy atom. The van der Waals surface area contributed by atoms with E-state index >= 15 is 0 Å². The number of hydrogen-bond acceptors (Lipinski definition) is 9. The summed E-state index contributed by atoms with van der Waals surface area (Å²) >= 11 is 0. The maximum absolute atomic E-state index is 10.3. The molecule has 0 radical (unpaired) electrons. The van der Waals surface area contributed by atoms with Gasteiger partial charge in [0.2, 0.25) is 0 Å². The number of aromatic nitrogens is 4. The topological polar surface area (TPSA) is 135 Å². The van der Waals surface area contributed by atoms with E-state index < -0.39 is 31.1 Å². The Morgan fingerprint density at radius 1 is 1.06 bits per heavy atom. The van der Waals surface area contributed by atoms with E-state index in [-0.39, 0.29) is 0 Å². The number of fused-ring (bicyclic) bond motifs is 1.